The maximum atomic E-state index is 12.7. The molecule has 1 saturated heterocycles. The zero-order valence-electron chi connectivity index (χ0n) is 15.6. The van der Waals surface area contributed by atoms with Gasteiger partial charge in [-0.25, -0.2) is 27.8 Å². The van der Waals surface area contributed by atoms with Gasteiger partial charge < -0.3 is 4.74 Å². The van der Waals surface area contributed by atoms with Crippen LogP contribution in [0.25, 0.3) is 0 Å². The fourth-order valence-electron chi connectivity index (χ4n) is 3.19. The van der Waals surface area contributed by atoms with Crippen LogP contribution in [0.1, 0.15) is 38.4 Å². The van der Waals surface area contributed by atoms with Gasteiger partial charge in [-0.15, -0.1) is 0 Å². The summed E-state index contributed by atoms with van der Waals surface area (Å²) < 4.78 is 32.4. The third-order valence-electron chi connectivity index (χ3n) is 4.64. The summed E-state index contributed by atoms with van der Waals surface area (Å²) in [5, 5.41) is 10.3. The Morgan fingerprint density at radius 1 is 1.37 bits per heavy atom. The van der Waals surface area contributed by atoms with Crippen molar-refractivity contribution < 1.29 is 23.2 Å². The lowest BCUT2D eigenvalue weighted by Gasteiger charge is -2.32. The second-order valence-corrected chi connectivity index (χ2v) is 8.54. The summed E-state index contributed by atoms with van der Waals surface area (Å²) in [6, 6.07) is 0.913. The minimum Gasteiger partial charge on any atom is -0.378 e. The molecular formula is C17H28N4O5S. The van der Waals surface area contributed by atoms with Crippen LogP contribution < -0.4 is 0 Å². The molecule has 27 heavy (non-hydrogen) atoms. The first kappa shape index (κ1) is 21.7. The van der Waals surface area contributed by atoms with E-state index in [-0.39, 0.29) is 18.3 Å². The largest absolute Gasteiger partial charge is 0.378 e. The van der Waals surface area contributed by atoms with Gasteiger partial charge in [0.2, 0.25) is 16.4 Å². The Kier molecular flexibility index (Phi) is 8.55. The van der Waals surface area contributed by atoms with Crippen molar-refractivity contribution in [2.24, 2.45) is 0 Å². The van der Waals surface area contributed by atoms with Crippen LogP contribution in [-0.2, 0) is 26.0 Å². The molecule has 0 aliphatic carbocycles. The standard InChI is InChI=1S/C17H28N4O5S/c1-2-26-16-7-11-20(12-8-16)27(24,25)13-15(21(23)14-22)5-3-6-17-18-9-4-10-19-17/h4,9-10,14-16,23H,2-3,5-8,11-13H2,1H3. The number of aromatic nitrogens is 2. The normalized spacial score (nSPS) is 17.6. The molecule has 1 aliphatic heterocycles. The molecule has 0 bridgehead atoms. The van der Waals surface area contributed by atoms with E-state index in [1.165, 1.54) is 4.31 Å². The molecule has 1 amide bonds. The molecule has 1 fully saturated rings. The van der Waals surface area contributed by atoms with Crippen molar-refractivity contribution in [2.75, 3.05) is 25.4 Å². The first-order valence-corrected chi connectivity index (χ1v) is 10.8. The molecule has 0 aromatic carbocycles. The Hall–Kier alpha value is -1.62. The number of nitrogens with zero attached hydrogens (tertiary/aromatic N) is 4. The summed E-state index contributed by atoms with van der Waals surface area (Å²) in [7, 11) is -3.59. The summed E-state index contributed by atoms with van der Waals surface area (Å²) in [5.41, 5.74) is 0. The van der Waals surface area contributed by atoms with Crippen molar-refractivity contribution in [2.45, 2.75) is 51.2 Å². The molecule has 0 radical (unpaired) electrons. The van der Waals surface area contributed by atoms with Gasteiger partial charge >= 0.3 is 0 Å². The van der Waals surface area contributed by atoms with Crippen LogP contribution in [0.4, 0.5) is 0 Å². The van der Waals surface area contributed by atoms with Gasteiger partial charge in [0, 0.05) is 38.5 Å². The first-order valence-electron chi connectivity index (χ1n) is 9.24. The zero-order valence-corrected chi connectivity index (χ0v) is 16.4. The Morgan fingerprint density at radius 3 is 2.63 bits per heavy atom. The number of hydroxylamine groups is 2. The molecule has 10 heteroatoms. The Morgan fingerprint density at radius 2 is 2.04 bits per heavy atom. The Bertz CT molecular complexity index is 665. The van der Waals surface area contributed by atoms with Crippen LogP contribution in [-0.4, -0.2) is 77.0 Å². The summed E-state index contributed by atoms with van der Waals surface area (Å²) in [6.45, 7) is 3.32. The van der Waals surface area contributed by atoms with Gasteiger partial charge in [0.1, 0.15) is 5.82 Å². The number of hydrogen-bond acceptors (Lipinski definition) is 7. The third kappa shape index (κ3) is 6.80. The number of hydrogen-bond donors (Lipinski definition) is 1. The minimum absolute atomic E-state index is 0.0902. The summed E-state index contributed by atoms with van der Waals surface area (Å²) in [5.74, 6) is 0.338. The van der Waals surface area contributed by atoms with Gasteiger partial charge in [-0.2, -0.15) is 0 Å². The van der Waals surface area contributed by atoms with Crippen LogP contribution in [0, 0.1) is 0 Å². The molecule has 1 aromatic heterocycles. The van der Waals surface area contributed by atoms with E-state index in [4.69, 9.17) is 4.74 Å². The number of piperidine rings is 1. The lowest BCUT2D eigenvalue weighted by molar-refractivity contribution is -0.158. The molecule has 9 nitrogen and oxygen atoms in total. The number of carbonyl (C=O) groups excluding carboxylic acids is 1. The number of ether oxygens (including phenoxy) is 1. The number of aryl methyl sites for hydroxylation is 1. The zero-order chi connectivity index (χ0) is 19.7. The highest BCUT2D eigenvalue weighted by Crippen LogP contribution is 2.19. The van der Waals surface area contributed by atoms with Gasteiger partial charge in [0.05, 0.1) is 17.9 Å². The van der Waals surface area contributed by atoms with E-state index >= 15 is 0 Å². The molecule has 2 rings (SSSR count). The van der Waals surface area contributed by atoms with Gasteiger partial charge in [-0.05, 0) is 38.7 Å². The van der Waals surface area contributed by atoms with Crippen molar-refractivity contribution in [3.63, 3.8) is 0 Å². The number of sulfonamides is 1. The summed E-state index contributed by atoms with van der Waals surface area (Å²) >= 11 is 0. The molecule has 1 N–H and O–H groups in total. The monoisotopic (exact) mass is 400 g/mol. The molecule has 1 aliphatic rings. The summed E-state index contributed by atoms with van der Waals surface area (Å²) in [6.07, 6.45) is 6.36. The van der Waals surface area contributed by atoms with Crippen molar-refractivity contribution in [1.82, 2.24) is 19.3 Å². The van der Waals surface area contributed by atoms with Gasteiger partial charge in [-0.1, -0.05) is 0 Å². The van der Waals surface area contributed by atoms with Crippen molar-refractivity contribution in [1.29, 1.82) is 0 Å². The first-order chi connectivity index (χ1) is 13.0. The van der Waals surface area contributed by atoms with Crippen molar-refractivity contribution in [3.05, 3.63) is 24.3 Å². The fraction of sp³-hybridized carbons (Fsp3) is 0.706. The van der Waals surface area contributed by atoms with Crippen LogP contribution >= 0.6 is 0 Å². The third-order valence-corrected chi connectivity index (χ3v) is 6.60. The molecule has 0 saturated carbocycles. The van der Waals surface area contributed by atoms with Crippen LogP contribution in [0.15, 0.2) is 18.5 Å². The average Bonchev–Trinajstić information content (AvgIpc) is 2.68. The van der Waals surface area contributed by atoms with Crippen LogP contribution in [0.3, 0.4) is 0 Å². The average molecular weight is 401 g/mol. The highest BCUT2D eigenvalue weighted by Gasteiger charge is 2.32. The van der Waals surface area contributed by atoms with Gasteiger partial charge in [0.15, 0.2) is 0 Å². The van der Waals surface area contributed by atoms with E-state index in [1.807, 2.05) is 6.92 Å². The second kappa shape index (κ2) is 10.6. The summed E-state index contributed by atoms with van der Waals surface area (Å²) in [4.78, 5) is 19.2. The van der Waals surface area contributed by atoms with Crippen LogP contribution in [0.5, 0.6) is 0 Å². The maximum absolute atomic E-state index is 12.7. The molecule has 2 heterocycles. The smallest absolute Gasteiger partial charge is 0.233 e. The van der Waals surface area contributed by atoms with E-state index in [0.29, 0.717) is 62.7 Å². The molecule has 1 unspecified atom stereocenters. The Balaban J connectivity index is 1.90. The fourth-order valence-corrected chi connectivity index (χ4v) is 4.98. The van der Waals surface area contributed by atoms with E-state index < -0.39 is 16.1 Å². The highest BCUT2D eigenvalue weighted by atomic mass is 32.2. The lowest BCUT2D eigenvalue weighted by atomic mass is 10.1. The number of rotatable bonds is 11. The van der Waals surface area contributed by atoms with Crippen molar-refractivity contribution >= 4 is 16.4 Å². The highest BCUT2D eigenvalue weighted by molar-refractivity contribution is 7.89. The number of carbonyl (C=O) groups is 1. The van der Waals surface area contributed by atoms with E-state index in [0.717, 1.165) is 0 Å². The predicted molar refractivity (Wildman–Crippen MR) is 98.5 cm³/mol. The molecule has 1 aromatic rings. The Labute approximate surface area is 160 Å². The maximum Gasteiger partial charge on any atom is 0.233 e. The molecule has 0 spiro atoms. The SMILES string of the molecule is CCOC1CCN(S(=O)(=O)CC(CCCc2ncccn2)N(O)C=O)CC1. The predicted octanol–water partition coefficient (Wildman–Crippen LogP) is 0.846. The van der Waals surface area contributed by atoms with E-state index in [9.17, 15) is 18.4 Å². The quantitative estimate of drug-likeness (QED) is 0.333. The van der Waals surface area contributed by atoms with Crippen molar-refractivity contribution in [3.8, 4) is 0 Å². The number of amides is 1. The minimum atomic E-state index is -3.59. The van der Waals surface area contributed by atoms with E-state index in [1.54, 1.807) is 18.5 Å². The second-order valence-electron chi connectivity index (χ2n) is 6.53. The van der Waals surface area contributed by atoms with Gasteiger partial charge in [0.25, 0.3) is 0 Å². The topological polar surface area (TPSA) is 113 Å². The van der Waals surface area contributed by atoms with Gasteiger partial charge in [-0.3, -0.25) is 10.0 Å². The lowest BCUT2D eigenvalue weighted by Crippen LogP contribution is -2.46. The molecular weight excluding hydrogens is 372 g/mol. The molecule has 152 valence electrons. The molecule has 1 atom stereocenters. The van der Waals surface area contributed by atoms with E-state index in [2.05, 4.69) is 9.97 Å². The van der Waals surface area contributed by atoms with Crippen LogP contribution in [0.2, 0.25) is 0 Å².